The van der Waals surface area contributed by atoms with Crippen LogP contribution >= 0.6 is 0 Å². The maximum Gasteiger partial charge on any atom is 0.163 e. The summed E-state index contributed by atoms with van der Waals surface area (Å²) >= 11 is 0. The summed E-state index contributed by atoms with van der Waals surface area (Å²) in [6.45, 7) is 3.56. The summed E-state index contributed by atoms with van der Waals surface area (Å²) in [6.07, 6.45) is 4.75. The standard InChI is InChI=1S/C15H24N2O2/c1-18-15-11-13(7-8-16)5-6-14(15)19-12-17-9-3-2-4-10-17/h5-6,11H,2-4,7-10,12,16H2,1H3. The highest BCUT2D eigenvalue weighted by molar-refractivity contribution is 5.43. The molecule has 1 heterocycles. The summed E-state index contributed by atoms with van der Waals surface area (Å²) in [6, 6.07) is 6.05. The highest BCUT2D eigenvalue weighted by atomic mass is 16.5. The molecule has 0 bridgehead atoms. The van der Waals surface area contributed by atoms with Crippen molar-refractivity contribution in [2.24, 2.45) is 5.73 Å². The van der Waals surface area contributed by atoms with Crippen molar-refractivity contribution in [1.82, 2.24) is 4.90 Å². The normalized spacial score (nSPS) is 16.3. The van der Waals surface area contributed by atoms with Crippen molar-refractivity contribution in [3.05, 3.63) is 23.8 Å². The fourth-order valence-corrected chi connectivity index (χ4v) is 2.40. The second-order valence-electron chi connectivity index (χ2n) is 4.98. The largest absolute Gasteiger partial charge is 0.493 e. The number of ether oxygens (including phenoxy) is 2. The van der Waals surface area contributed by atoms with Crippen molar-refractivity contribution < 1.29 is 9.47 Å². The lowest BCUT2D eigenvalue weighted by Crippen LogP contribution is -2.33. The molecule has 1 aliphatic heterocycles. The van der Waals surface area contributed by atoms with Gasteiger partial charge in [0.15, 0.2) is 11.5 Å². The van der Waals surface area contributed by atoms with Gasteiger partial charge in [0.25, 0.3) is 0 Å². The summed E-state index contributed by atoms with van der Waals surface area (Å²) in [5.41, 5.74) is 6.75. The van der Waals surface area contributed by atoms with E-state index in [9.17, 15) is 0 Å². The van der Waals surface area contributed by atoms with Crippen molar-refractivity contribution in [3.8, 4) is 11.5 Å². The van der Waals surface area contributed by atoms with Crippen LogP contribution in [-0.2, 0) is 6.42 Å². The molecule has 1 saturated heterocycles. The van der Waals surface area contributed by atoms with Gasteiger partial charge in [-0.3, -0.25) is 4.90 Å². The van der Waals surface area contributed by atoms with Crippen LogP contribution in [0, 0.1) is 0 Å². The molecule has 2 rings (SSSR count). The molecule has 0 unspecified atom stereocenters. The van der Waals surface area contributed by atoms with Crippen molar-refractivity contribution in [2.45, 2.75) is 25.7 Å². The summed E-state index contributed by atoms with van der Waals surface area (Å²) in [5.74, 6) is 1.61. The average molecular weight is 264 g/mol. The highest BCUT2D eigenvalue weighted by Gasteiger charge is 2.12. The number of likely N-dealkylation sites (tertiary alicyclic amines) is 1. The molecule has 19 heavy (non-hydrogen) atoms. The molecule has 1 aromatic carbocycles. The van der Waals surface area contributed by atoms with Gasteiger partial charge in [-0.05, 0) is 43.5 Å². The molecular weight excluding hydrogens is 240 g/mol. The van der Waals surface area contributed by atoms with Gasteiger partial charge in [0.05, 0.1) is 7.11 Å². The van der Waals surface area contributed by atoms with Crippen LogP contribution in [0.25, 0.3) is 0 Å². The van der Waals surface area contributed by atoms with Gasteiger partial charge in [-0.15, -0.1) is 0 Å². The molecule has 1 aromatic rings. The molecule has 0 spiro atoms. The first-order chi connectivity index (χ1) is 9.33. The SMILES string of the molecule is COc1cc(CCN)ccc1OCN1CCCCC1. The van der Waals surface area contributed by atoms with E-state index >= 15 is 0 Å². The Bertz CT molecular complexity index is 390. The van der Waals surface area contributed by atoms with E-state index in [0.717, 1.165) is 31.0 Å². The number of piperidine rings is 1. The molecule has 1 aliphatic rings. The van der Waals surface area contributed by atoms with E-state index in [0.29, 0.717) is 13.3 Å². The summed E-state index contributed by atoms with van der Waals surface area (Å²) in [7, 11) is 1.68. The molecule has 1 fully saturated rings. The number of nitrogens with two attached hydrogens (primary N) is 1. The average Bonchev–Trinajstić information content (AvgIpc) is 2.47. The van der Waals surface area contributed by atoms with E-state index in [1.807, 2.05) is 12.1 Å². The Kier molecular flexibility index (Phi) is 5.48. The van der Waals surface area contributed by atoms with Crippen LogP contribution in [0.15, 0.2) is 18.2 Å². The molecular formula is C15H24N2O2. The van der Waals surface area contributed by atoms with Gasteiger partial charge in [-0.1, -0.05) is 12.5 Å². The topological polar surface area (TPSA) is 47.7 Å². The predicted molar refractivity (Wildman–Crippen MR) is 76.7 cm³/mol. The van der Waals surface area contributed by atoms with E-state index < -0.39 is 0 Å². The number of hydrogen-bond acceptors (Lipinski definition) is 4. The molecule has 4 nitrogen and oxygen atoms in total. The Balaban J connectivity index is 1.94. The summed E-state index contributed by atoms with van der Waals surface area (Å²) in [4.78, 5) is 2.34. The molecule has 0 aromatic heterocycles. The van der Waals surface area contributed by atoms with Gasteiger partial charge >= 0.3 is 0 Å². The maximum absolute atomic E-state index is 5.87. The van der Waals surface area contributed by atoms with E-state index in [-0.39, 0.29) is 0 Å². The van der Waals surface area contributed by atoms with Crippen molar-refractivity contribution in [2.75, 3.05) is 33.5 Å². The van der Waals surface area contributed by atoms with Gasteiger partial charge in [0, 0.05) is 13.1 Å². The fraction of sp³-hybridized carbons (Fsp3) is 0.600. The molecule has 0 aliphatic carbocycles. The van der Waals surface area contributed by atoms with Gasteiger partial charge in [-0.2, -0.15) is 0 Å². The number of rotatable bonds is 6. The van der Waals surface area contributed by atoms with Gasteiger partial charge in [-0.25, -0.2) is 0 Å². The first-order valence-electron chi connectivity index (χ1n) is 7.05. The summed E-state index contributed by atoms with van der Waals surface area (Å²) in [5, 5.41) is 0. The van der Waals surface area contributed by atoms with Crippen LogP contribution < -0.4 is 15.2 Å². The van der Waals surface area contributed by atoms with E-state index in [4.69, 9.17) is 15.2 Å². The minimum absolute atomic E-state index is 0.645. The Morgan fingerprint density at radius 2 is 1.95 bits per heavy atom. The molecule has 106 valence electrons. The Hall–Kier alpha value is -1.26. The molecule has 4 heteroatoms. The third-order valence-electron chi connectivity index (χ3n) is 3.51. The summed E-state index contributed by atoms with van der Waals surface area (Å²) < 4.78 is 11.3. The first kappa shape index (κ1) is 14.2. The molecule has 2 N–H and O–H groups in total. The second kappa shape index (κ2) is 7.36. The lowest BCUT2D eigenvalue weighted by molar-refractivity contribution is 0.104. The van der Waals surface area contributed by atoms with Crippen LogP contribution in [0.2, 0.25) is 0 Å². The zero-order chi connectivity index (χ0) is 13.5. The van der Waals surface area contributed by atoms with Crippen LogP contribution in [-0.4, -0.2) is 38.4 Å². The van der Waals surface area contributed by atoms with E-state index in [1.54, 1.807) is 7.11 Å². The predicted octanol–water partition coefficient (Wildman–Crippen LogP) is 2.02. The number of benzene rings is 1. The van der Waals surface area contributed by atoms with Crippen LogP contribution in [0.1, 0.15) is 24.8 Å². The van der Waals surface area contributed by atoms with Crippen LogP contribution in [0.5, 0.6) is 11.5 Å². The zero-order valence-corrected chi connectivity index (χ0v) is 11.7. The Morgan fingerprint density at radius 3 is 2.63 bits per heavy atom. The van der Waals surface area contributed by atoms with Crippen molar-refractivity contribution >= 4 is 0 Å². The molecule has 0 amide bonds. The number of nitrogens with zero attached hydrogens (tertiary/aromatic N) is 1. The minimum Gasteiger partial charge on any atom is -0.493 e. The number of hydrogen-bond donors (Lipinski definition) is 1. The van der Waals surface area contributed by atoms with Crippen molar-refractivity contribution in [1.29, 1.82) is 0 Å². The first-order valence-corrected chi connectivity index (χ1v) is 7.05. The quantitative estimate of drug-likeness (QED) is 0.854. The Morgan fingerprint density at radius 1 is 1.16 bits per heavy atom. The monoisotopic (exact) mass is 264 g/mol. The lowest BCUT2D eigenvalue weighted by Gasteiger charge is -2.26. The van der Waals surface area contributed by atoms with Crippen molar-refractivity contribution in [3.63, 3.8) is 0 Å². The third kappa shape index (κ3) is 4.11. The van der Waals surface area contributed by atoms with Crippen LogP contribution in [0.3, 0.4) is 0 Å². The smallest absolute Gasteiger partial charge is 0.163 e. The Labute approximate surface area is 115 Å². The molecule has 0 radical (unpaired) electrons. The van der Waals surface area contributed by atoms with Gasteiger partial charge in [0.1, 0.15) is 6.73 Å². The van der Waals surface area contributed by atoms with Gasteiger partial charge in [0.2, 0.25) is 0 Å². The molecule has 0 saturated carbocycles. The zero-order valence-electron chi connectivity index (χ0n) is 11.7. The van der Waals surface area contributed by atoms with Gasteiger partial charge < -0.3 is 15.2 Å². The minimum atomic E-state index is 0.645. The van der Waals surface area contributed by atoms with E-state index in [1.165, 1.54) is 24.8 Å². The van der Waals surface area contributed by atoms with E-state index in [2.05, 4.69) is 11.0 Å². The maximum atomic E-state index is 5.87. The number of methoxy groups -OCH3 is 1. The second-order valence-corrected chi connectivity index (χ2v) is 4.98. The fourth-order valence-electron chi connectivity index (χ4n) is 2.40. The highest BCUT2D eigenvalue weighted by Crippen LogP contribution is 2.28. The molecule has 0 atom stereocenters. The lowest BCUT2D eigenvalue weighted by atomic mass is 10.1. The van der Waals surface area contributed by atoms with Crippen LogP contribution in [0.4, 0.5) is 0 Å². The third-order valence-corrected chi connectivity index (χ3v) is 3.51.